The van der Waals surface area contributed by atoms with Crippen LogP contribution < -0.4 is 0 Å². The fourth-order valence-corrected chi connectivity index (χ4v) is 1.63. The summed E-state index contributed by atoms with van der Waals surface area (Å²) in [6, 6.07) is 0. The van der Waals surface area contributed by atoms with E-state index < -0.39 is 0 Å². The number of aldehydes is 1. The Labute approximate surface area is 95.0 Å². The lowest BCUT2D eigenvalue weighted by Gasteiger charge is -2.08. The zero-order chi connectivity index (χ0) is 11.7. The summed E-state index contributed by atoms with van der Waals surface area (Å²) in [4.78, 5) is 10.8. The fraction of sp³-hybridized carbons (Fsp3) is 0.786. The van der Waals surface area contributed by atoms with Gasteiger partial charge < -0.3 is 0 Å². The van der Waals surface area contributed by atoms with Gasteiger partial charge in [-0.25, -0.2) is 0 Å². The fourth-order valence-electron chi connectivity index (χ4n) is 1.63. The molecule has 0 aromatic heterocycles. The lowest BCUT2D eigenvalue weighted by Crippen LogP contribution is -1.95. The summed E-state index contributed by atoms with van der Waals surface area (Å²) in [5.74, 6) is 1.39. The number of allylic oxidation sites excluding steroid dienone is 2. The normalized spacial score (nSPS) is 14.3. The molecule has 0 rings (SSSR count). The Balaban J connectivity index is 3.93. The average molecular weight is 210 g/mol. The van der Waals surface area contributed by atoms with Crippen molar-refractivity contribution in [2.45, 2.75) is 59.8 Å². The largest absolute Gasteiger partial charge is 0.298 e. The first kappa shape index (κ1) is 14.4. The number of hydrogen-bond donors (Lipinski definition) is 0. The minimum Gasteiger partial charge on any atom is -0.298 e. The van der Waals surface area contributed by atoms with E-state index in [-0.39, 0.29) is 0 Å². The third-order valence-corrected chi connectivity index (χ3v) is 2.73. The van der Waals surface area contributed by atoms with Gasteiger partial charge in [0.2, 0.25) is 0 Å². The maximum Gasteiger partial charge on any atom is 0.145 e. The molecule has 0 amide bonds. The van der Waals surface area contributed by atoms with E-state index in [9.17, 15) is 4.79 Å². The Bertz CT molecular complexity index is 192. The van der Waals surface area contributed by atoms with Gasteiger partial charge in [0, 0.05) is 0 Å². The Hall–Kier alpha value is -0.590. The van der Waals surface area contributed by atoms with Crippen LogP contribution in [0.5, 0.6) is 0 Å². The highest BCUT2D eigenvalue weighted by Crippen LogP contribution is 2.15. The molecule has 0 saturated heterocycles. The molecule has 0 radical (unpaired) electrons. The predicted molar refractivity (Wildman–Crippen MR) is 66.9 cm³/mol. The highest BCUT2D eigenvalue weighted by Gasteiger charge is 2.01. The van der Waals surface area contributed by atoms with Gasteiger partial charge in [0.05, 0.1) is 0 Å². The SMILES string of the molecule is CCCC(C)CC=C(C=O)CCC(C)C. The van der Waals surface area contributed by atoms with Gasteiger partial charge in [-0.05, 0) is 36.7 Å². The van der Waals surface area contributed by atoms with Crippen LogP contribution in [0.4, 0.5) is 0 Å². The van der Waals surface area contributed by atoms with Crippen LogP contribution in [0.25, 0.3) is 0 Å². The van der Waals surface area contributed by atoms with Crippen LogP contribution in [0.3, 0.4) is 0 Å². The molecule has 0 saturated carbocycles. The standard InChI is InChI=1S/C14H26O/c1-5-6-13(4)8-10-14(11-15)9-7-12(2)3/h10-13H,5-9H2,1-4H3. The smallest absolute Gasteiger partial charge is 0.145 e. The van der Waals surface area contributed by atoms with E-state index in [1.807, 2.05) is 0 Å². The van der Waals surface area contributed by atoms with Crippen molar-refractivity contribution in [1.29, 1.82) is 0 Å². The molecule has 15 heavy (non-hydrogen) atoms. The number of rotatable bonds is 8. The number of hydrogen-bond acceptors (Lipinski definition) is 1. The molecule has 0 aromatic rings. The molecular formula is C14H26O. The summed E-state index contributed by atoms with van der Waals surface area (Å²) in [7, 11) is 0. The van der Waals surface area contributed by atoms with Crippen LogP contribution in [-0.2, 0) is 4.79 Å². The van der Waals surface area contributed by atoms with Crippen molar-refractivity contribution in [3.05, 3.63) is 11.6 Å². The second kappa shape index (κ2) is 8.70. The van der Waals surface area contributed by atoms with Gasteiger partial charge in [-0.15, -0.1) is 0 Å². The molecule has 0 heterocycles. The Morgan fingerprint density at radius 3 is 2.33 bits per heavy atom. The lowest BCUT2D eigenvalue weighted by molar-refractivity contribution is -0.105. The van der Waals surface area contributed by atoms with Crippen molar-refractivity contribution < 1.29 is 4.79 Å². The Morgan fingerprint density at radius 1 is 1.20 bits per heavy atom. The highest BCUT2D eigenvalue weighted by molar-refractivity contribution is 5.72. The van der Waals surface area contributed by atoms with Crippen LogP contribution in [0.15, 0.2) is 11.6 Å². The van der Waals surface area contributed by atoms with Gasteiger partial charge >= 0.3 is 0 Å². The third-order valence-electron chi connectivity index (χ3n) is 2.73. The molecule has 1 nitrogen and oxygen atoms in total. The van der Waals surface area contributed by atoms with Crippen LogP contribution in [0, 0.1) is 11.8 Å². The molecule has 1 heteroatoms. The second-order valence-electron chi connectivity index (χ2n) is 4.96. The second-order valence-corrected chi connectivity index (χ2v) is 4.96. The van der Waals surface area contributed by atoms with E-state index in [4.69, 9.17) is 0 Å². The zero-order valence-electron chi connectivity index (χ0n) is 10.8. The van der Waals surface area contributed by atoms with Crippen molar-refractivity contribution in [2.24, 2.45) is 11.8 Å². The first-order valence-corrected chi connectivity index (χ1v) is 6.24. The minimum atomic E-state index is 0.682. The summed E-state index contributed by atoms with van der Waals surface area (Å²) in [5, 5.41) is 0. The topological polar surface area (TPSA) is 17.1 Å². The minimum absolute atomic E-state index is 0.682. The molecule has 0 aliphatic heterocycles. The van der Waals surface area contributed by atoms with Crippen LogP contribution in [-0.4, -0.2) is 6.29 Å². The van der Waals surface area contributed by atoms with Crippen LogP contribution >= 0.6 is 0 Å². The van der Waals surface area contributed by atoms with E-state index in [2.05, 4.69) is 33.8 Å². The number of carbonyl (C=O) groups excluding carboxylic acids is 1. The van der Waals surface area contributed by atoms with Gasteiger partial charge in [-0.2, -0.15) is 0 Å². The van der Waals surface area contributed by atoms with Crippen LogP contribution in [0.2, 0.25) is 0 Å². The van der Waals surface area contributed by atoms with Gasteiger partial charge in [0.25, 0.3) is 0 Å². The summed E-state index contributed by atoms with van der Waals surface area (Å²) in [6.07, 6.45) is 8.77. The first-order valence-electron chi connectivity index (χ1n) is 6.24. The van der Waals surface area contributed by atoms with Gasteiger partial charge in [0.15, 0.2) is 0 Å². The van der Waals surface area contributed by atoms with E-state index in [1.54, 1.807) is 0 Å². The van der Waals surface area contributed by atoms with Crippen molar-refractivity contribution in [1.82, 2.24) is 0 Å². The van der Waals surface area contributed by atoms with Gasteiger partial charge in [-0.1, -0.05) is 46.6 Å². The van der Waals surface area contributed by atoms with Crippen molar-refractivity contribution in [3.8, 4) is 0 Å². The molecule has 0 aromatic carbocycles. The zero-order valence-corrected chi connectivity index (χ0v) is 10.8. The average Bonchev–Trinajstić information content (AvgIpc) is 2.18. The van der Waals surface area contributed by atoms with Crippen molar-refractivity contribution in [2.75, 3.05) is 0 Å². The third kappa shape index (κ3) is 8.41. The van der Waals surface area contributed by atoms with E-state index in [1.165, 1.54) is 12.8 Å². The maximum atomic E-state index is 10.8. The quantitative estimate of drug-likeness (QED) is 0.429. The molecule has 0 bridgehead atoms. The lowest BCUT2D eigenvalue weighted by atomic mass is 9.98. The maximum absolute atomic E-state index is 10.8. The van der Waals surface area contributed by atoms with E-state index in [0.717, 1.165) is 31.1 Å². The summed E-state index contributed by atoms with van der Waals surface area (Å²) < 4.78 is 0. The Kier molecular flexibility index (Phi) is 8.35. The summed E-state index contributed by atoms with van der Waals surface area (Å²) >= 11 is 0. The molecule has 0 spiro atoms. The predicted octanol–water partition coefficient (Wildman–Crippen LogP) is 4.37. The molecule has 0 N–H and O–H groups in total. The molecule has 1 atom stereocenters. The Morgan fingerprint density at radius 2 is 1.87 bits per heavy atom. The molecule has 0 aliphatic carbocycles. The molecule has 0 fully saturated rings. The molecule has 1 unspecified atom stereocenters. The highest BCUT2D eigenvalue weighted by atomic mass is 16.1. The van der Waals surface area contributed by atoms with E-state index in [0.29, 0.717) is 11.8 Å². The molecule has 88 valence electrons. The van der Waals surface area contributed by atoms with Gasteiger partial charge in [-0.3, -0.25) is 4.79 Å². The van der Waals surface area contributed by atoms with Crippen molar-refractivity contribution >= 4 is 6.29 Å². The molecule has 0 aliphatic rings. The van der Waals surface area contributed by atoms with Gasteiger partial charge in [0.1, 0.15) is 6.29 Å². The van der Waals surface area contributed by atoms with Crippen LogP contribution in [0.1, 0.15) is 59.8 Å². The van der Waals surface area contributed by atoms with E-state index >= 15 is 0 Å². The first-order chi connectivity index (χ1) is 7.10. The summed E-state index contributed by atoms with van der Waals surface area (Å²) in [5.41, 5.74) is 0.992. The van der Waals surface area contributed by atoms with Crippen molar-refractivity contribution in [3.63, 3.8) is 0 Å². The summed E-state index contributed by atoms with van der Waals surface area (Å²) in [6.45, 7) is 8.86. The molecular weight excluding hydrogens is 184 g/mol. The number of carbonyl (C=O) groups is 1. The monoisotopic (exact) mass is 210 g/mol.